The van der Waals surface area contributed by atoms with Crippen molar-refractivity contribution < 1.29 is 18.7 Å². The van der Waals surface area contributed by atoms with Crippen LogP contribution in [0, 0.1) is 11.7 Å². The van der Waals surface area contributed by atoms with Crippen molar-refractivity contribution >= 4 is 17.5 Å². The molecular weight excluding hydrogens is 301 g/mol. The second-order valence-electron chi connectivity index (χ2n) is 5.73. The first-order chi connectivity index (χ1) is 11.0. The van der Waals surface area contributed by atoms with E-state index in [1.54, 1.807) is 6.07 Å². The van der Waals surface area contributed by atoms with Gasteiger partial charge in [0.1, 0.15) is 5.82 Å². The third-order valence-electron chi connectivity index (χ3n) is 3.92. The van der Waals surface area contributed by atoms with Gasteiger partial charge in [0.2, 0.25) is 11.8 Å². The number of nitrogens with zero attached hydrogens (tertiary/aromatic N) is 1. The number of hydrogen-bond acceptors (Lipinski definition) is 4. The van der Waals surface area contributed by atoms with Crippen LogP contribution in [0.15, 0.2) is 24.3 Å². The molecule has 1 unspecified atom stereocenters. The van der Waals surface area contributed by atoms with E-state index >= 15 is 0 Å². The number of anilines is 1. The van der Waals surface area contributed by atoms with Crippen LogP contribution in [0.1, 0.15) is 12.8 Å². The van der Waals surface area contributed by atoms with Gasteiger partial charge in [-0.3, -0.25) is 9.59 Å². The van der Waals surface area contributed by atoms with E-state index in [9.17, 15) is 14.0 Å². The molecule has 1 heterocycles. The van der Waals surface area contributed by atoms with E-state index in [2.05, 4.69) is 5.32 Å². The van der Waals surface area contributed by atoms with Gasteiger partial charge >= 0.3 is 0 Å². The van der Waals surface area contributed by atoms with E-state index in [-0.39, 0.29) is 18.4 Å². The smallest absolute Gasteiger partial charge is 0.243 e. The Kier molecular flexibility index (Phi) is 6.06. The second-order valence-corrected chi connectivity index (χ2v) is 5.73. The van der Waals surface area contributed by atoms with E-state index in [0.29, 0.717) is 18.9 Å². The first-order valence-corrected chi connectivity index (χ1v) is 7.61. The van der Waals surface area contributed by atoms with Crippen molar-refractivity contribution in [3.05, 3.63) is 30.1 Å². The highest BCUT2D eigenvalue weighted by molar-refractivity contribution is 5.95. The highest BCUT2D eigenvalue weighted by Gasteiger charge is 2.29. The van der Waals surface area contributed by atoms with Crippen molar-refractivity contribution in [3.63, 3.8) is 0 Å². The molecule has 126 valence electrons. The number of carbonyl (C=O) groups is 2. The highest BCUT2D eigenvalue weighted by atomic mass is 19.1. The Morgan fingerprint density at radius 1 is 1.43 bits per heavy atom. The lowest BCUT2D eigenvalue weighted by atomic mass is 9.91. The van der Waals surface area contributed by atoms with Gasteiger partial charge in [-0.05, 0) is 37.0 Å². The fraction of sp³-hybridized carbons (Fsp3) is 0.500. The van der Waals surface area contributed by atoms with E-state index < -0.39 is 17.8 Å². The molecule has 0 bridgehead atoms. The normalized spacial score (nSPS) is 16.7. The third-order valence-corrected chi connectivity index (χ3v) is 3.92. The van der Waals surface area contributed by atoms with Crippen molar-refractivity contribution in [2.24, 2.45) is 11.7 Å². The average molecular weight is 323 g/mol. The Balaban J connectivity index is 1.85. The number of hydrogen-bond donors (Lipinski definition) is 2. The number of ether oxygens (including phenoxy) is 1. The molecule has 1 fully saturated rings. The van der Waals surface area contributed by atoms with E-state index in [1.807, 2.05) is 0 Å². The number of carbonyl (C=O) groups excluding carboxylic acids is 2. The monoisotopic (exact) mass is 323 g/mol. The van der Waals surface area contributed by atoms with Gasteiger partial charge in [-0.25, -0.2) is 4.39 Å². The van der Waals surface area contributed by atoms with Crippen LogP contribution in [0.2, 0.25) is 0 Å². The van der Waals surface area contributed by atoms with Crippen LogP contribution < -0.4 is 11.1 Å². The maximum absolute atomic E-state index is 13.1. The van der Waals surface area contributed by atoms with Crippen molar-refractivity contribution in [1.82, 2.24) is 4.90 Å². The minimum atomic E-state index is -0.633. The Labute approximate surface area is 134 Å². The Morgan fingerprint density at radius 3 is 2.78 bits per heavy atom. The van der Waals surface area contributed by atoms with Crippen LogP contribution in [0.25, 0.3) is 0 Å². The minimum absolute atomic E-state index is 0.0741. The molecule has 7 heteroatoms. The maximum atomic E-state index is 13.1. The molecule has 1 atom stereocenters. The SMILES string of the molecule is CN(CC(=O)Nc1cccc(F)c1)C(=O)C(N)C1CCOCC1. The molecule has 1 aliphatic heterocycles. The average Bonchev–Trinajstić information content (AvgIpc) is 2.54. The predicted molar refractivity (Wildman–Crippen MR) is 84.2 cm³/mol. The van der Waals surface area contributed by atoms with Gasteiger partial charge in [-0.15, -0.1) is 0 Å². The third kappa shape index (κ3) is 5.01. The molecule has 0 aromatic heterocycles. The van der Waals surface area contributed by atoms with E-state index in [0.717, 1.165) is 12.8 Å². The van der Waals surface area contributed by atoms with Crippen molar-refractivity contribution in [2.45, 2.75) is 18.9 Å². The second kappa shape index (κ2) is 8.03. The predicted octanol–water partition coefficient (Wildman–Crippen LogP) is 0.976. The number of nitrogens with two attached hydrogens (primary N) is 1. The van der Waals surface area contributed by atoms with Gasteiger partial charge in [0.15, 0.2) is 0 Å². The lowest BCUT2D eigenvalue weighted by Gasteiger charge is -2.29. The van der Waals surface area contributed by atoms with Crippen molar-refractivity contribution in [2.75, 3.05) is 32.1 Å². The molecule has 6 nitrogen and oxygen atoms in total. The van der Waals surface area contributed by atoms with Crippen LogP contribution in [0.5, 0.6) is 0 Å². The molecular formula is C16H22FN3O3. The molecule has 2 amide bonds. The van der Waals surface area contributed by atoms with Crippen molar-refractivity contribution in [3.8, 4) is 0 Å². The van der Waals surface area contributed by atoms with Gasteiger partial charge in [0.05, 0.1) is 12.6 Å². The molecule has 0 saturated carbocycles. The fourth-order valence-electron chi connectivity index (χ4n) is 2.59. The summed E-state index contributed by atoms with van der Waals surface area (Å²) in [5.41, 5.74) is 6.36. The molecule has 0 radical (unpaired) electrons. The summed E-state index contributed by atoms with van der Waals surface area (Å²) in [6.07, 6.45) is 1.49. The van der Waals surface area contributed by atoms with Crippen LogP contribution in [0.3, 0.4) is 0 Å². The molecule has 3 N–H and O–H groups in total. The van der Waals surface area contributed by atoms with Crippen molar-refractivity contribution in [1.29, 1.82) is 0 Å². The van der Waals surface area contributed by atoms with Gasteiger partial charge in [-0.1, -0.05) is 6.07 Å². The van der Waals surface area contributed by atoms with Gasteiger partial charge in [0, 0.05) is 25.9 Å². The van der Waals surface area contributed by atoms with Gasteiger partial charge in [-0.2, -0.15) is 0 Å². The molecule has 0 aliphatic carbocycles. The molecule has 2 rings (SSSR count). The largest absolute Gasteiger partial charge is 0.381 e. The molecule has 1 aliphatic rings. The number of rotatable bonds is 5. The Morgan fingerprint density at radius 2 is 2.13 bits per heavy atom. The lowest BCUT2D eigenvalue weighted by Crippen LogP contribution is -2.49. The number of benzene rings is 1. The van der Waals surface area contributed by atoms with Gasteiger partial charge < -0.3 is 20.7 Å². The zero-order valence-electron chi connectivity index (χ0n) is 13.1. The molecule has 1 aromatic carbocycles. The highest BCUT2D eigenvalue weighted by Crippen LogP contribution is 2.18. The van der Waals surface area contributed by atoms with Crippen LogP contribution >= 0.6 is 0 Å². The zero-order chi connectivity index (χ0) is 16.8. The number of amides is 2. The van der Waals surface area contributed by atoms with Gasteiger partial charge in [0.25, 0.3) is 0 Å². The minimum Gasteiger partial charge on any atom is -0.381 e. The number of likely N-dealkylation sites (N-methyl/N-ethyl adjacent to an activating group) is 1. The fourth-order valence-corrected chi connectivity index (χ4v) is 2.59. The standard InChI is InChI=1S/C16H22FN3O3/c1-20(16(22)15(18)11-5-7-23-8-6-11)10-14(21)19-13-4-2-3-12(17)9-13/h2-4,9,11,15H,5-8,10,18H2,1H3,(H,19,21). The van der Waals surface area contributed by atoms with Crippen LogP contribution in [-0.4, -0.2) is 49.6 Å². The summed E-state index contributed by atoms with van der Waals surface area (Å²) >= 11 is 0. The molecule has 1 saturated heterocycles. The Bertz CT molecular complexity index is 561. The first-order valence-electron chi connectivity index (χ1n) is 7.61. The quantitative estimate of drug-likeness (QED) is 0.846. The summed E-state index contributed by atoms with van der Waals surface area (Å²) in [5, 5.41) is 2.55. The summed E-state index contributed by atoms with van der Waals surface area (Å²) in [5.74, 6) is -1.03. The number of halogens is 1. The van der Waals surface area contributed by atoms with E-state index in [4.69, 9.17) is 10.5 Å². The topological polar surface area (TPSA) is 84.7 Å². The zero-order valence-corrected chi connectivity index (χ0v) is 13.1. The first kappa shape index (κ1) is 17.4. The summed E-state index contributed by atoms with van der Waals surface area (Å²) in [6, 6.07) is 4.95. The summed E-state index contributed by atoms with van der Waals surface area (Å²) < 4.78 is 18.3. The Hall–Kier alpha value is -1.99. The molecule has 0 spiro atoms. The van der Waals surface area contributed by atoms with E-state index in [1.165, 1.54) is 30.1 Å². The number of nitrogens with one attached hydrogen (secondary N) is 1. The summed E-state index contributed by atoms with van der Waals surface area (Å²) in [7, 11) is 1.53. The van der Waals surface area contributed by atoms with Crippen LogP contribution in [0.4, 0.5) is 10.1 Å². The summed E-state index contributed by atoms with van der Waals surface area (Å²) in [4.78, 5) is 25.6. The lowest BCUT2D eigenvalue weighted by molar-refractivity contribution is -0.136. The molecule has 1 aromatic rings. The maximum Gasteiger partial charge on any atom is 0.243 e. The molecule has 23 heavy (non-hydrogen) atoms. The summed E-state index contributed by atoms with van der Waals surface area (Å²) in [6.45, 7) is 1.08. The van der Waals surface area contributed by atoms with Crippen LogP contribution in [-0.2, 0) is 14.3 Å².